The van der Waals surface area contributed by atoms with Crippen LogP contribution in [0.25, 0.3) is 11.1 Å². The molecule has 0 fully saturated rings. The number of hydrogen-bond donors (Lipinski definition) is 1. The Labute approximate surface area is 122 Å². The molecule has 0 aliphatic carbocycles. The predicted molar refractivity (Wildman–Crippen MR) is 77.7 cm³/mol. The summed E-state index contributed by atoms with van der Waals surface area (Å²) in [7, 11) is 1.51. The van der Waals surface area contributed by atoms with E-state index in [1.54, 1.807) is 37.3 Å². The zero-order chi connectivity index (χ0) is 15.4. The molecule has 1 atom stereocenters. The SMILES string of the molecule is COc1ccc(F)c(-c2ccccc2OC(C)C(N)=O)c1. The van der Waals surface area contributed by atoms with Gasteiger partial charge in [0.1, 0.15) is 17.3 Å². The number of amides is 1. The number of methoxy groups -OCH3 is 1. The second kappa shape index (κ2) is 6.26. The molecule has 0 aliphatic heterocycles. The zero-order valence-electron chi connectivity index (χ0n) is 11.8. The lowest BCUT2D eigenvalue weighted by molar-refractivity contribution is -0.123. The lowest BCUT2D eigenvalue weighted by Gasteiger charge is -2.16. The van der Waals surface area contributed by atoms with Gasteiger partial charge in [-0.25, -0.2) is 4.39 Å². The van der Waals surface area contributed by atoms with Crippen LogP contribution in [0.2, 0.25) is 0 Å². The zero-order valence-corrected chi connectivity index (χ0v) is 11.8. The second-order valence-electron chi connectivity index (χ2n) is 4.50. The number of nitrogens with two attached hydrogens (primary N) is 1. The van der Waals surface area contributed by atoms with Crippen molar-refractivity contribution < 1.29 is 18.7 Å². The largest absolute Gasteiger partial charge is 0.497 e. The minimum atomic E-state index is -0.806. The van der Waals surface area contributed by atoms with E-state index in [4.69, 9.17) is 15.2 Å². The average molecular weight is 289 g/mol. The van der Waals surface area contributed by atoms with Crippen LogP contribution in [0.3, 0.4) is 0 Å². The van der Waals surface area contributed by atoms with Crippen molar-refractivity contribution in [2.45, 2.75) is 13.0 Å². The molecule has 2 aromatic carbocycles. The summed E-state index contributed by atoms with van der Waals surface area (Å²) >= 11 is 0. The van der Waals surface area contributed by atoms with Crippen LogP contribution in [-0.4, -0.2) is 19.1 Å². The van der Waals surface area contributed by atoms with Gasteiger partial charge in [-0.2, -0.15) is 0 Å². The third-order valence-corrected chi connectivity index (χ3v) is 3.06. The number of halogens is 1. The van der Waals surface area contributed by atoms with Crippen molar-refractivity contribution in [1.29, 1.82) is 0 Å². The Hall–Kier alpha value is -2.56. The van der Waals surface area contributed by atoms with E-state index in [1.807, 2.05) is 0 Å². The molecule has 0 saturated carbocycles. The summed E-state index contributed by atoms with van der Waals surface area (Å²) in [5, 5.41) is 0. The van der Waals surface area contributed by atoms with E-state index in [2.05, 4.69) is 0 Å². The first-order valence-electron chi connectivity index (χ1n) is 6.42. The van der Waals surface area contributed by atoms with Crippen molar-refractivity contribution in [1.82, 2.24) is 0 Å². The summed E-state index contributed by atoms with van der Waals surface area (Å²) in [6.45, 7) is 1.54. The Morgan fingerprint density at radius 3 is 2.57 bits per heavy atom. The van der Waals surface area contributed by atoms with Gasteiger partial charge < -0.3 is 15.2 Å². The van der Waals surface area contributed by atoms with E-state index < -0.39 is 17.8 Å². The first-order valence-corrected chi connectivity index (χ1v) is 6.42. The number of ether oxygens (including phenoxy) is 2. The first kappa shape index (κ1) is 14.8. The van der Waals surface area contributed by atoms with Crippen molar-refractivity contribution in [2.75, 3.05) is 7.11 Å². The Morgan fingerprint density at radius 1 is 1.19 bits per heavy atom. The molecule has 1 unspecified atom stereocenters. The number of benzene rings is 2. The van der Waals surface area contributed by atoms with Crippen molar-refractivity contribution in [3.63, 3.8) is 0 Å². The first-order chi connectivity index (χ1) is 10.0. The van der Waals surface area contributed by atoms with Crippen LogP contribution < -0.4 is 15.2 Å². The number of carbonyl (C=O) groups excluding carboxylic acids is 1. The highest BCUT2D eigenvalue weighted by atomic mass is 19.1. The lowest BCUT2D eigenvalue weighted by atomic mass is 10.0. The van der Waals surface area contributed by atoms with Gasteiger partial charge in [-0.15, -0.1) is 0 Å². The highest BCUT2D eigenvalue weighted by Crippen LogP contribution is 2.34. The van der Waals surface area contributed by atoms with Crippen LogP contribution in [0.5, 0.6) is 11.5 Å². The van der Waals surface area contributed by atoms with Crippen molar-refractivity contribution in [3.8, 4) is 22.6 Å². The molecule has 1 amide bonds. The van der Waals surface area contributed by atoms with E-state index in [-0.39, 0.29) is 0 Å². The summed E-state index contributed by atoms with van der Waals surface area (Å²) in [6.07, 6.45) is -0.806. The fraction of sp³-hybridized carbons (Fsp3) is 0.188. The van der Waals surface area contributed by atoms with Gasteiger partial charge >= 0.3 is 0 Å². The van der Waals surface area contributed by atoms with Crippen LogP contribution in [0, 0.1) is 5.82 Å². The second-order valence-corrected chi connectivity index (χ2v) is 4.50. The monoisotopic (exact) mass is 289 g/mol. The summed E-state index contributed by atoms with van der Waals surface area (Å²) in [6, 6.07) is 11.3. The predicted octanol–water partition coefficient (Wildman–Crippen LogP) is 2.75. The molecule has 0 bridgehead atoms. The summed E-state index contributed by atoms with van der Waals surface area (Å²) < 4.78 is 24.7. The summed E-state index contributed by atoms with van der Waals surface area (Å²) in [5.74, 6) is -0.0744. The highest BCUT2D eigenvalue weighted by Gasteiger charge is 2.16. The number of hydrogen-bond acceptors (Lipinski definition) is 3. The van der Waals surface area contributed by atoms with E-state index in [0.717, 1.165) is 0 Å². The Kier molecular flexibility index (Phi) is 4.42. The molecule has 0 spiro atoms. The molecule has 0 radical (unpaired) electrons. The standard InChI is InChI=1S/C16H16FNO3/c1-10(16(18)19)21-15-6-4-3-5-12(15)13-9-11(20-2)7-8-14(13)17/h3-10H,1-2H3,(H2,18,19). The third-order valence-electron chi connectivity index (χ3n) is 3.06. The number of rotatable bonds is 5. The normalized spacial score (nSPS) is 11.8. The van der Waals surface area contributed by atoms with E-state index in [9.17, 15) is 9.18 Å². The molecule has 0 saturated heterocycles. The van der Waals surface area contributed by atoms with Crippen molar-refractivity contribution >= 4 is 5.91 Å². The van der Waals surface area contributed by atoms with Crippen LogP contribution >= 0.6 is 0 Å². The quantitative estimate of drug-likeness (QED) is 0.920. The maximum Gasteiger partial charge on any atom is 0.258 e. The molecule has 5 heteroatoms. The Bertz CT molecular complexity index is 658. The van der Waals surface area contributed by atoms with Gasteiger partial charge in [-0.1, -0.05) is 18.2 Å². The van der Waals surface area contributed by atoms with Gasteiger partial charge in [0.05, 0.1) is 7.11 Å². The van der Waals surface area contributed by atoms with Gasteiger partial charge in [0.15, 0.2) is 6.10 Å². The fourth-order valence-electron chi connectivity index (χ4n) is 1.88. The lowest BCUT2D eigenvalue weighted by Crippen LogP contribution is -2.30. The van der Waals surface area contributed by atoms with E-state index >= 15 is 0 Å². The smallest absolute Gasteiger partial charge is 0.258 e. The van der Waals surface area contributed by atoms with Gasteiger partial charge in [0.25, 0.3) is 5.91 Å². The Morgan fingerprint density at radius 2 is 1.90 bits per heavy atom. The van der Waals surface area contributed by atoms with Gasteiger partial charge in [0, 0.05) is 11.1 Å². The molecule has 2 N–H and O–H groups in total. The van der Waals surface area contributed by atoms with Crippen molar-refractivity contribution in [2.24, 2.45) is 5.73 Å². The van der Waals surface area contributed by atoms with Crippen LogP contribution in [0.15, 0.2) is 42.5 Å². The minimum absolute atomic E-state index is 0.335. The molecule has 4 nitrogen and oxygen atoms in total. The van der Waals surface area contributed by atoms with Gasteiger partial charge in [0.2, 0.25) is 0 Å². The fourth-order valence-corrected chi connectivity index (χ4v) is 1.88. The van der Waals surface area contributed by atoms with Crippen LogP contribution in [0.1, 0.15) is 6.92 Å². The van der Waals surface area contributed by atoms with Crippen molar-refractivity contribution in [3.05, 3.63) is 48.3 Å². The number of primary amides is 1. The topological polar surface area (TPSA) is 61.6 Å². The number of carbonyl (C=O) groups is 1. The average Bonchev–Trinajstić information content (AvgIpc) is 2.48. The molecule has 110 valence electrons. The highest BCUT2D eigenvalue weighted by molar-refractivity contribution is 5.79. The van der Waals surface area contributed by atoms with Crippen LogP contribution in [0.4, 0.5) is 4.39 Å². The summed E-state index contributed by atoms with van der Waals surface area (Å²) in [5.41, 5.74) is 6.05. The molecular formula is C16H16FNO3. The van der Waals surface area contributed by atoms with Crippen LogP contribution in [-0.2, 0) is 4.79 Å². The van der Waals surface area contributed by atoms with E-state index in [1.165, 1.54) is 19.2 Å². The molecular weight excluding hydrogens is 273 g/mol. The Balaban J connectivity index is 2.47. The molecule has 21 heavy (non-hydrogen) atoms. The summed E-state index contributed by atoms with van der Waals surface area (Å²) in [4.78, 5) is 11.1. The molecule has 0 aromatic heterocycles. The maximum atomic E-state index is 14.1. The molecule has 0 aliphatic rings. The molecule has 2 rings (SSSR count). The number of para-hydroxylation sites is 1. The third kappa shape index (κ3) is 3.31. The molecule has 2 aromatic rings. The minimum Gasteiger partial charge on any atom is -0.497 e. The molecule has 0 heterocycles. The maximum absolute atomic E-state index is 14.1. The van der Waals surface area contributed by atoms with Gasteiger partial charge in [-0.3, -0.25) is 4.79 Å². The van der Waals surface area contributed by atoms with Gasteiger partial charge in [-0.05, 0) is 31.2 Å². The van der Waals surface area contributed by atoms with E-state index in [0.29, 0.717) is 22.6 Å².